The Morgan fingerprint density at radius 3 is 2.26 bits per heavy atom. The molecule has 1 aliphatic heterocycles. The van der Waals surface area contributed by atoms with Gasteiger partial charge in [0.2, 0.25) is 21.8 Å². The summed E-state index contributed by atoms with van der Waals surface area (Å²) >= 11 is 0. The molecule has 31 heavy (non-hydrogen) atoms. The van der Waals surface area contributed by atoms with E-state index in [9.17, 15) is 18.0 Å². The average Bonchev–Trinajstić information content (AvgIpc) is 3.11. The van der Waals surface area contributed by atoms with Crippen molar-refractivity contribution in [3.63, 3.8) is 0 Å². The largest absolute Gasteiger partial charge is 0.274 e. The number of benzene rings is 3. The normalized spacial score (nSPS) is 15.6. The van der Waals surface area contributed by atoms with E-state index in [4.69, 9.17) is 0 Å². The van der Waals surface area contributed by atoms with Gasteiger partial charge in [-0.15, -0.1) is 0 Å². The minimum atomic E-state index is -3.70. The molecule has 1 aliphatic rings. The first kappa shape index (κ1) is 21.2. The van der Waals surface area contributed by atoms with Crippen LogP contribution in [-0.2, 0) is 26.0 Å². The third-order valence-electron chi connectivity index (χ3n) is 5.53. The smallest absolute Gasteiger partial charge is 0.240 e. The zero-order valence-electron chi connectivity index (χ0n) is 17.2. The standard InChI is InChI=1S/C24H24N2O4S/c1-17(15-19-7-4-6-18-5-2-3-8-22(18)19)16-25-31(29,30)21-11-9-20(10-12-21)26-23(27)13-14-24(26)28/h2-12,17,25H,13-16H2,1H3/t17-/m1/s1. The molecule has 7 heteroatoms. The average molecular weight is 437 g/mol. The van der Waals surface area contributed by atoms with Gasteiger partial charge >= 0.3 is 0 Å². The first-order valence-electron chi connectivity index (χ1n) is 10.3. The number of imide groups is 1. The fourth-order valence-electron chi connectivity index (χ4n) is 3.89. The SMILES string of the molecule is C[C@@H](CNS(=O)(=O)c1ccc(N2C(=O)CCC2=O)cc1)Cc1cccc2ccccc12. The van der Waals surface area contributed by atoms with Gasteiger partial charge in [0.25, 0.3) is 0 Å². The fourth-order valence-corrected chi connectivity index (χ4v) is 5.06. The number of nitrogens with zero attached hydrogens (tertiary/aromatic N) is 1. The summed E-state index contributed by atoms with van der Waals surface area (Å²) in [6.45, 7) is 2.31. The third-order valence-corrected chi connectivity index (χ3v) is 6.97. The van der Waals surface area contributed by atoms with E-state index in [1.54, 1.807) is 0 Å². The maximum atomic E-state index is 12.7. The number of carbonyl (C=O) groups excluding carboxylic acids is 2. The molecule has 0 bridgehead atoms. The molecule has 1 N–H and O–H groups in total. The zero-order valence-corrected chi connectivity index (χ0v) is 18.1. The van der Waals surface area contributed by atoms with E-state index < -0.39 is 10.0 Å². The summed E-state index contributed by atoms with van der Waals surface area (Å²) in [5.74, 6) is -0.429. The summed E-state index contributed by atoms with van der Waals surface area (Å²) in [6, 6.07) is 20.2. The predicted octanol–water partition coefficient (Wildman–Crippen LogP) is 3.65. The lowest BCUT2D eigenvalue weighted by molar-refractivity contribution is -0.121. The Labute approximate surface area is 181 Å². The zero-order chi connectivity index (χ0) is 22.0. The monoisotopic (exact) mass is 436 g/mol. The Morgan fingerprint density at radius 2 is 1.55 bits per heavy atom. The van der Waals surface area contributed by atoms with Crippen molar-refractivity contribution in [1.82, 2.24) is 4.72 Å². The minimum absolute atomic E-state index is 0.0969. The molecule has 160 valence electrons. The number of nitrogens with one attached hydrogen (secondary N) is 1. The van der Waals surface area contributed by atoms with Gasteiger partial charge < -0.3 is 0 Å². The molecule has 1 atom stereocenters. The predicted molar refractivity (Wildman–Crippen MR) is 120 cm³/mol. The lowest BCUT2D eigenvalue weighted by Gasteiger charge is -2.16. The second-order valence-corrected chi connectivity index (χ2v) is 9.68. The molecule has 2 amide bonds. The van der Waals surface area contributed by atoms with Gasteiger partial charge in [-0.05, 0) is 52.9 Å². The van der Waals surface area contributed by atoms with Gasteiger partial charge in [-0.1, -0.05) is 49.4 Å². The van der Waals surface area contributed by atoms with Crippen LogP contribution in [0.3, 0.4) is 0 Å². The van der Waals surface area contributed by atoms with Crippen LogP contribution in [0, 0.1) is 5.92 Å². The van der Waals surface area contributed by atoms with Gasteiger partial charge in [0.15, 0.2) is 0 Å². The van der Waals surface area contributed by atoms with E-state index in [2.05, 4.69) is 29.0 Å². The van der Waals surface area contributed by atoms with Crippen molar-refractivity contribution >= 4 is 38.3 Å². The van der Waals surface area contributed by atoms with Gasteiger partial charge in [-0.3, -0.25) is 14.5 Å². The summed E-state index contributed by atoms with van der Waals surface area (Å²) in [6.07, 6.45) is 1.13. The molecular formula is C24H24N2O4S. The first-order valence-corrected chi connectivity index (χ1v) is 11.8. The molecule has 0 spiro atoms. The fraction of sp³-hybridized carbons (Fsp3) is 0.250. The van der Waals surface area contributed by atoms with Gasteiger partial charge in [-0.2, -0.15) is 0 Å². The van der Waals surface area contributed by atoms with Crippen LogP contribution in [0.5, 0.6) is 0 Å². The van der Waals surface area contributed by atoms with Crippen molar-refractivity contribution in [2.75, 3.05) is 11.4 Å². The molecule has 1 saturated heterocycles. The van der Waals surface area contributed by atoms with Crippen LogP contribution < -0.4 is 9.62 Å². The maximum Gasteiger partial charge on any atom is 0.240 e. The number of anilines is 1. The number of hydrogen-bond donors (Lipinski definition) is 1. The van der Waals surface area contributed by atoms with Crippen molar-refractivity contribution in [3.05, 3.63) is 72.3 Å². The van der Waals surface area contributed by atoms with Crippen LogP contribution in [0.1, 0.15) is 25.3 Å². The van der Waals surface area contributed by atoms with Crippen LogP contribution in [0.2, 0.25) is 0 Å². The Bertz CT molecular complexity index is 1210. The van der Waals surface area contributed by atoms with E-state index in [-0.39, 0.29) is 35.5 Å². The molecular weight excluding hydrogens is 412 g/mol. The topological polar surface area (TPSA) is 83.6 Å². The highest BCUT2D eigenvalue weighted by molar-refractivity contribution is 7.89. The van der Waals surface area contributed by atoms with Crippen LogP contribution >= 0.6 is 0 Å². The highest BCUT2D eigenvalue weighted by atomic mass is 32.2. The van der Waals surface area contributed by atoms with Gasteiger partial charge in [-0.25, -0.2) is 13.1 Å². The second kappa shape index (κ2) is 8.61. The molecule has 0 aromatic heterocycles. The number of sulfonamides is 1. The lowest BCUT2D eigenvalue weighted by Crippen LogP contribution is -2.30. The quantitative estimate of drug-likeness (QED) is 0.573. The Morgan fingerprint density at radius 1 is 0.903 bits per heavy atom. The molecule has 1 fully saturated rings. The van der Waals surface area contributed by atoms with Crippen molar-refractivity contribution in [3.8, 4) is 0 Å². The molecule has 0 aliphatic carbocycles. The molecule has 3 aromatic rings. The van der Waals surface area contributed by atoms with Crippen LogP contribution in [-0.4, -0.2) is 26.8 Å². The molecule has 6 nitrogen and oxygen atoms in total. The third kappa shape index (κ3) is 4.52. The van der Waals surface area contributed by atoms with E-state index in [0.717, 1.165) is 11.3 Å². The van der Waals surface area contributed by atoms with Crippen LogP contribution in [0.15, 0.2) is 71.6 Å². The number of hydrogen-bond acceptors (Lipinski definition) is 4. The van der Waals surface area contributed by atoms with Gasteiger partial charge in [0.05, 0.1) is 10.6 Å². The molecule has 1 heterocycles. The summed E-state index contributed by atoms with van der Waals surface area (Å²) < 4.78 is 28.1. The van der Waals surface area contributed by atoms with Crippen molar-refractivity contribution in [2.45, 2.75) is 31.1 Å². The number of rotatable bonds is 7. The minimum Gasteiger partial charge on any atom is -0.274 e. The molecule has 3 aromatic carbocycles. The molecule has 0 unspecified atom stereocenters. The molecule has 0 saturated carbocycles. The van der Waals surface area contributed by atoms with Crippen LogP contribution in [0.4, 0.5) is 5.69 Å². The Kier molecular flexibility index (Phi) is 5.89. The summed E-state index contributed by atoms with van der Waals surface area (Å²) in [4.78, 5) is 24.9. The summed E-state index contributed by atoms with van der Waals surface area (Å²) in [5, 5.41) is 2.35. The van der Waals surface area contributed by atoms with Crippen LogP contribution in [0.25, 0.3) is 10.8 Å². The number of amides is 2. The van der Waals surface area contributed by atoms with Gasteiger partial charge in [0.1, 0.15) is 0 Å². The van der Waals surface area contributed by atoms with E-state index >= 15 is 0 Å². The lowest BCUT2D eigenvalue weighted by atomic mass is 9.96. The summed E-state index contributed by atoms with van der Waals surface area (Å²) in [5.41, 5.74) is 1.59. The van der Waals surface area contributed by atoms with E-state index in [1.165, 1.54) is 40.6 Å². The summed E-state index contributed by atoms with van der Waals surface area (Å²) in [7, 11) is -3.70. The van der Waals surface area contributed by atoms with Crippen molar-refractivity contribution in [1.29, 1.82) is 0 Å². The van der Waals surface area contributed by atoms with E-state index in [0.29, 0.717) is 12.2 Å². The molecule has 0 radical (unpaired) electrons. The second-order valence-electron chi connectivity index (χ2n) is 7.92. The highest BCUT2D eigenvalue weighted by Gasteiger charge is 2.30. The Hall–Kier alpha value is -3.03. The van der Waals surface area contributed by atoms with Gasteiger partial charge in [0, 0.05) is 19.4 Å². The first-order chi connectivity index (χ1) is 14.8. The van der Waals surface area contributed by atoms with Crippen molar-refractivity contribution in [2.24, 2.45) is 5.92 Å². The number of fused-ring (bicyclic) bond motifs is 1. The maximum absolute atomic E-state index is 12.7. The number of carbonyl (C=O) groups is 2. The molecule has 4 rings (SSSR count). The Balaban J connectivity index is 1.41. The highest BCUT2D eigenvalue weighted by Crippen LogP contribution is 2.24. The van der Waals surface area contributed by atoms with Crippen molar-refractivity contribution < 1.29 is 18.0 Å². The van der Waals surface area contributed by atoms with E-state index in [1.807, 2.05) is 25.1 Å².